The average molecular weight is 152 g/mol. The molecular weight excluding hydrogens is 140 g/mol. The molecule has 0 aromatic carbocycles. The molecule has 2 N–H and O–H groups in total. The quantitative estimate of drug-likeness (QED) is 0.636. The summed E-state index contributed by atoms with van der Waals surface area (Å²) in [5.41, 5.74) is 6.41. The fourth-order valence-electron chi connectivity index (χ4n) is 1.11. The minimum absolute atomic E-state index is 0.132. The van der Waals surface area contributed by atoms with Gasteiger partial charge in [0.1, 0.15) is 0 Å². The molecule has 1 unspecified atom stereocenters. The van der Waals surface area contributed by atoms with Gasteiger partial charge in [0.25, 0.3) is 0 Å². The predicted molar refractivity (Wildman–Crippen MR) is 43.3 cm³/mol. The third-order valence-corrected chi connectivity index (χ3v) is 1.82. The van der Waals surface area contributed by atoms with E-state index in [2.05, 4.69) is 4.99 Å². The van der Waals surface area contributed by atoms with Crippen molar-refractivity contribution in [2.45, 2.75) is 31.5 Å². The maximum Gasteiger partial charge on any atom is 0.0984 e. The summed E-state index contributed by atoms with van der Waals surface area (Å²) in [5.74, 6) is 0. The van der Waals surface area contributed by atoms with Crippen LogP contribution in [0.4, 0.5) is 0 Å². The first-order valence-electron chi connectivity index (χ1n) is 3.98. The van der Waals surface area contributed by atoms with Crippen molar-refractivity contribution in [3.63, 3.8) is 0 Å². The van der Waals surface area contributed by atoms with Gasteiger partial charge in [-0.25, -0.2) is 0 Å². The van der Waals surface area contributed by atoms with Gasteiger partial charge in [-0.3, -0.25) is 4.99 Å². The van der Waals surface area contributed by atoms with E-state index in [1.165, 1.54) is 12.8 Å². The summed E-state index contributed by atoms with van der Waals surface area (Å²) in [5, 5.41) is 0. The zero-order valence-electron chi connectivity index (χ0n) is 6.36. The SMILES string of the molecule is NC1=CN=CC(OC2CC2)C1. The van der Waals surface area contributed by atoms with Gasteiger partial charge in [0, 0.05) is 24.5 Å². The minimum atomic E-state index is 0.132. The molecule has 1 aliphatic heterocycles. The van der Waals surface area contributed by atoms with E-state index in [0.717, 1.165) is 12.1 Å². The van der Waals surface area contributed by atoms with E-state index in [4.69, 9.17) is 10.5 Å². The Kier molecular flexibility index (Phi) is 1.66. The lowest BCUT2D eigenvalue weighted by molar-refractivity contribution is 0.0857. The number of hydrogen-bond acceptors (Lipinski definition) is 3. The maximum absolute atomic E-state index is 5.60. The van der Waals surface area contributed by atoms with Crippen LogP contribution in [0.5, 0.6) is 0 Å². The molecule has 1 atom stereocenters. The van der Waals surface area contributed by atoms with Gasteiger partial charge in [-0.1, -0.05) is 0 Å². The molecule has 1 aliphatic carbocycles. The van der Waals surface area contributed by atoms with Gasteiger partial charge in [-0.05, 0) is 12.8 Å². The molecule has 0 aromatic rings. The van der Waals surface area contributed by atoms with E-state index in [0.29, 0.717) is 6.10 Å². The number of nitrogens with zero attached hydrogens (tertiary/aromatic N) is 1. The normalized spacial score (nSPS) is 30.2. The molecule has 2 aliphatic rings. The van der Waals surface area contributed by atoms with Gasteiger partial charge in [0.2, 0.25) is 0 Å². The Morgan fingerprint density at radius 2 is 2.36 bits per heavy atom. The third kappa shape index (κ3) is 1.80. The van der Waals surface area contributed by atoms with Gasteiger partial charge in [0.05, 0.1) is 12.2 Å². The van der Waals surface area contributed by atoms with Gasteiger partial charge < -0.3 is 10.5 Å². The first-order valence-corrected chi connectivity index (χ1v) is 3.98. The van der Waals surface area contributed by atoms with Crippen molar-refractivity contribution in [3.8, 4) is 0 Å². The van der Waals surface area contributed by atoms with Crippen molar-refractivity contribution >= 4 is 6.21 Å². The Morgan fingerprint density at radius 3 is 3.00 bits per heavy atom. The Labute approximate surface area is 65.9 Å². The van der Waals surface area contributed by atoms with Crippen LogP contribution in [0.25, 0.3) is 0 Å². The van der Waals surface area contributed by atoms with Crippen LogP contribution in [-0.2, 0) is 4.74 Å². The van der Waals surface area contributed by atoms with Crippen molar-refractivity contribution in [1.82, 2.24) is 0 Å². The lowest BCUT2D eigenvalue weighted by Crippen LogP contribution is -2.21. The zero-order chi connectivity index (χ0) is 7.68. The second-order valence-corrected chi connectivity index (χ2v) is 3.08. The topological polar surface area (TPSA) is 47.6 Å². The maximum atomic E-state index is 5.60. The standard InChI is InChI=1S/C8H12N2O/c9-6-3-8(5-10-4-6)11-7-1-2-7/h4-5,7-8H,1-3,9H2. The Bertz CT molecular complexity index is 206. The molecule has 60 valence electrons. The largest absolute Gasteiger partial charge is 0.401 e. The highest BCUT2D eigenvalue weighted by molar-refractivity contribution is 5.65. The molecule has 0 saturated heterocycles. The summed E-state index contributed by atoms with van der Waals surface area (Å²) >= 11 is 0. The summed E-state index contributed by atoms with van der Waals surface area (Å²) < 4.78 is 5.60. The van der Waals surface area contributed by atoms with Gasteiger partial charge in [0.15, 0.2) is 0 Å². The molecule has 1 saturated carbocycles. The molecule has 0 bridgehead atoms. The summed E-state index contributed by atoms with van der Waals surface area (Å²) in [6.07, 6.45) is 7.34. The van der Waals surface area contributed by atoms with Gasteiger partial charge in [-0.2, -0.15) is 0 Å². The fraction of sp³-hybridized carbons (Fsp3) is 0.625. The number of hydrogen-bond donors (Lipinski definition) is 1. The molecule has 3 nitrogen and oxygen atoms in total. The second kappa shape index (κ2) is 2.66. The van der Waals surface area contributed by atoms with E-state index < -0.39 is 0 Å². The van der Waals surface area contributed by atoms with E-state index >= 15 is 0 Å². The highest BCUT2D eigenvalue weighted by Gasteiger charge is 2.26. The monoisotopic (exact) mass is 152 g/mol. The smallest absolute Gasteiger partial charge is 0.0984 e. The summed E-state index contributed by atoms with van der Waals surface area (Å²) in [4.78, 5) is 3.98. The van der Waals surface area contributed by atoms with Crippen molar-refractivity contribution in [3.05, 3.63) is 11.9 Å². The minimum Gasteiger partial charge on any atom is -0.401 e. The lowest BCUT2D eigenvalue weighted by Gasteiger charge is -2.15. The van der Waals surface area contributed by atoms with Crippen LogP contribution in [0.2, 0.25) is 0 Å². The van der Waals surface area contributed by atoms with E-state index in [1.807, 2.05) is 6.21 Å². The number of rotatable bonds is 2. The molecule has 0 radical (unpaired) electrons. The first-order chi connectivity index (χ1) is 5.34. The Balaban J connectivity index is 1.86. The Hall–Kier alpha value is -0.830. The molecular formula is C8H12N2O. The van der Waals surface area contributed by atoms with Crippen LogP contribution in [0.1, 0.15) is 19.3 Å². The van der Waals surface area contributed by atoms with Gasteiger partial charge in [-0.15, -0.1) is 0 Å². The van der Waals surface area contributed by atoms with Crippen molar-refractivity contribution in [2.24, 2.45) is 10.7 Å². The average Bonchev–Trinajstić information content (AvgIpc) is 2.71. The molecule has 3 heteroatoms. The molecule has 0 spiro atoms. The lowest BCUT2D eigenvalue weighted by atomic mass is 10.2. The molecule has 2 rings (SSSR count). The van der Waals surface area contributed by atoms with Crippen LogP contribution in [-0.4, -0.2) is 18.4 Å². The van der Waals surface area contributed by atoms with Crippen LogP contribution >= 0.6 is 0 Å². The van der Waals surface area contributed by atoms with Crippen LogP contribution < -0.4 is 5.73 Å². The highest BCUT2D eigenvalue weighted by Crippen LogP contribution is 2.26. The molecule has 0 aromatic heterocycles. The molecule has 11 heavy (non-hydrogen) atoms. The summed E-state index contributed by atoms with van der Waals surface area (Å²) in [7, 11) is 0. The van der Waals surface area contributed by atoms with Crippen LogP contribution in [0, 0.1) is 0 Å². The number of nitrogens with two attached hydrogens (primary N) is 1. The summed E-state index contributed by atoms with van der Waals surface area (Å²) in [6, 6.07) is 0. The summed E-state index contributed by atoms with van der Waals surface area (Å²) in [6.45, 7) is 0. The number of aliphatic imine (C=N–C) groups is 1. The zero-order valence-corrected chi connectivity index (χ0v) is 6.36. The van der Waals surface area contributed by atoms with Gasteiger partial charge >= 0.3 is 0 Å². The van der Waals surface area contributed by atoms with E-state index in [1.54, 1.807) is 6.20 Å². The highest BCUT2D eigenvalue weighted by atomic mass is 16.5. The predicted octanol–water partition coefficient (Wildman–Crippen LogP) is 0.809. The fourth-order valence-corrected chi connectivity index (χ4v) is 1.11. The van der Waals surface area contributed by atoms with Crippen molar-refractivity contribution in [2.75, 3.05) is 0 Å². The first kappa shape index (κ1) is 6.85. The molecule has 1 heterocycles. The molecule has 0 amide bonds. The van der Waals surface area contributed by atoms with E-state index in [-0.39, 0.29) is 6.10 Å². The van der Waals surface area contributed by atoms with Crippen molar-refractivity contribution < 1.29 is 4.74 Å². The number of ether oxygens (including phenoxy) is 1. The van der Waals surface area contributed by atoms with Crippen molar-refractivity contribution in [1.29, 1.82) is 0 Å². The van der Waals surface area contributed by atoms with E-state index in [9.17, 15) is 0 Å². The van der Waals surface area contributed by atoms with Crippen LogP contribution in [0.3, 0.4) is 0 Å². The Morgan fingerprint density at radius 1 is 1.55 bits per heavy atom. The second-order valence-electron chi connectivity index (χ2n) is 3.08. The van der Waals surface area contributed by atoms with Crippen LogP contribution in [0.15, 0.2) is 16.9 Å². The third-order valence-electron chi connectivity index (χ3n) is 1.82. The molecule has 1 fully saturated rings.